The van der Waals surface area contributed by atoms with Crippen LogP contribution in [0.1, 0.15) is 11.1 Å². The molecule has 1 aromatic rings. The first kappa shape index (κ1) is 11.9. The number of hydrogen-bond donors (Lipinski definition) is 5. The Labute approximate surface area is 96.1 Å². The van der Waals surface area contributed by atoms with Gasteiger partial charge in [-0.2, -0.15) is 16.4 Å². The minimum Gasteiger partial charge on any atom is -0.365 e. The van der Waals surface area contributed by atoms with E-state index in [4.69, 9.17) is 17.2 Å². The van der Waals surface area contributed by atoms with Crippen LogP contribution in [-0.2, 0) is 0 Å². The van der Waals surface area contributed by atoms with Crippen LogP contribution in [0.15, 0.2) is 21.0 Å². The van der Waals surface area contributed by atoms with E-state index in [9.17, 15) is 0 Å². The maximum Gasteiger partial charge on any atom is 0.256 e. The van der Waals surface area contributed by atoms with Gasteiger partial charge in [0.25, 0.3) is 12.3 Å². The van der Waals surface area contributed by atoms with E-state index in [0.29, 0.717) is 0 Å². The second kappa shape index (κ2) is 6.30. The average Bonchev–Trinajstić information content (AvgIpc) is 2.66. The van der Waals surface area contributed by atoms with Crippen LogP contribution in [0.5, 0.6) is 0 Å². The minimum atomic E-state index is -0.0268. The predicted octanol–water partition coefficient (Wildman–Crippen LogP) is -4.16. The van der Waals surface area contributed by atoms with Gasteiger partial charge in [-0.15, -0.1) is 5.10 Å². The van der Waals surface area contributed by atoms with E-state index in [1.807, 2.05) is 10.8 Å². The van der Waals surface area contributed by atoms with Gasteiger partial charge >= 0.3 is 0 Å². The number of rotatable bonds is 4. The molecular weight excluding hydrogens is 226 g/mol. The van der Waals surface area contributed by atoms with Gasteiger partial charge in [0.15, 0.2) is 0 Å². The largest absolute Gasteiger partial charge is 0.365 e. The van der Waals surface area contributed by atoms with Gasteiger partial charge in [-0.3, -0.25) is 5.73 Å². The standard InChI is InChI=1S/C8H11N7S/c9-5-14-12-1-6-3-16-4-7(6)2-13-15-8(10)11/h1-5H,(H2,9,14)(H4,10,11,15)/p+2/b12-1+,13-2+. The molecule has 84 valence electrons. The number of nitrogens with one attached hydrogen (secondary N) is 2. The molecule has 0 amide bonds. The molecule has 0 atom stereocenters. The zero-order chi connectivity index (χ0) is 11.8. The van der Waals surface area contributed by atoms with E-state index in [0.717, 1.165) is 11.1 Å². The van der Waals surface area contributed by atoms with E-state index < -0.39 is 0 Å². The molecule has 0 saturated heterocycles. The van der Waals surface area contributed by atoms with Crippen LogP contribution >= 0.6 is 11.3 Å². The third kappa shape index (κ3) is 3.88. The van der Waals surface area contributed by atoms with Crippen molar-refractivity contribution in [3.8, 4) is 0 Å². The van der Waals surface area contributed by atoms with Crippen LogP contribution in [0.3, 0.4) is 0 Å². The zero-order valence-corrected chi connectivity index (χ0v) is 9.24. The maximum atomic E-state index is 5.16. The van der Waals surface area contributed by atoms with E-state index >= 15 is 0 Å². The summed E-state index contributed by atoms with van der Waals surface area (Å²) in [6.45, 7) is 0. The smallest absolute Gasteiger partial charge is 0.256 e. The van der Waals surface area contributed by atoms with Gasteiger partial charge in [0.2, 0.25) is 6.21 Å². The molecular formula is C8H13N7S+2. The number of nitrogens with zero attached hydrogens (tertiary/aromatic N) is 2. The van der Waals surface area contributed by atoms with Gasteiger partial charge in [-0.25, -0.2) is 0 Å². The Morgan fingerprint density at radius 3 is 2.69 bits per heavy atom. The van der Waals surface area contributed by atoms with Gasteiger partial charge in [0, 0.05) is 21.4 Å². The number of hydrogen-bond acceptors (Lipinski definition) is 3. The lowest BCUT2D eigenvalue weighted by molar-refractivity contribution is -0.457. The van der Waals surface area contributed by atoms with Gasteiger partial charge in [0.1, 0.15) is 0 Å². The second-order valence-electron chi connectivity index (χ2n) is 2.65. The fraction of sp³-hybridized carbons (Fsp3) is 0. The Morgan fingerprint density at radius 1 is 1.25 bits per heavy atom. The molecule has 0 spiro atoms. The van der Waals surface area contributed by atoms with E-state index in [-0.39, 0.29) is 5.96 Å². The van der Waals surface area contributed by atoms with Crippen molar-refractivity contribution < 1.29 is 10.2 Å². The summed E-state index contributed by atoms with van der Waals surface area (Å²) < 4.78 is 0. The van der Waals surface area contributed by atoms with Crippen LogP contribution in [0.4, 0.5) is 0 Å². The zero-order valence-electron chi connectivity index (χ0n) is 8.42. The maximum absolute atomic E-state index is 5.16. The van der Waals surface area contributed by atoms with Crippen molar-refractivity contribution in [2.45, 2.75) is 0 Å². The quantitative estimate of drug-likeness (QED) is 0.207. The first-order chi connectivity index (χ1) is 7.74. The summed E-state index contributed by atoms with van der Waals surface area (Å²) in [6.07, 6.45) is 4.55. The Bertz CT molecular complexity index is 439. The molecule has 7 nitrogen and oxygen atoms in total. The van der Waals surface area contributed by atoms with Crippen molar-refractivity contribution in [2.75, 3.05) is 0 Å². The van der Waals surface area contributed by atoms with Gasteiger partial charge in [0.05, 0.1) is 11.8 Å². The summed E-state index contributed by atoms with van der Waals surface area (Å²) in [6, 6.07) is 0. The Balaban J connectivity index is 2.78. The van der Waals surface area contributed by atoms with Crippen LogP contribution in [0.2, 0.25) is 0 Å². The molecule has 0 fully saturated rings. The van der Waals surface area contributed by atoms with Gasteiger partial charge in [-0.1, -0.05) is 5.10 Å². The molecule has 0 aliphatic heterocycles. The lowest BCUT2D eigenvalue weighted by Gasteiger charge is -1.83. The highest BCUT2D eigenvalue weighted by atomic mass is 32.1. The minimum absolute atomic E-state index is 0.0268. The van der Waals surface area contributed by atoms with Crippen molar-refractivity contribution in [1.29, 1.82) is 0 Å². The highest BCUT2D eigenvalue weighted by Crippen LogP contribution is 2.09. The number of nitrogens with two attached hydrogens (primary N) is 3. The van der Waals surface area contributed by atoms with Crippen molar-refractivity contribution in [3.05, 3.63) is 21.9 Å². The van der Waals surface area contributed by atoms with E-state index in [2.05, 4.69) is 20.4 Å². The van der Waals surface area contributed by atoms with E-state index in [1.54, 1.807) is 23.8 Å². The van der Waals surface area contributed by atoms with Crippen LogP contribution in [-0.4, -0.2) is 24.7 Å². The summed E-state index contributed by atoms with van der Waals surface area (Å²) in [5, 5.41) is 16.5. The second-order valence-corrected chi connectivity index (χ2v) is 3.39. The van der Waals surface area contributed by atoms with E-state index in [1.165, 1.54) is 6.34 Å². The Morgan fingerprint density at radius 2 is 2.00 bits per heavy atom. The average molecular weight is 239 g/mol. The first-order valence-electron chi connectivity index (χ1n) is 4.29. The molecule has 1 heterocycles. The number of hydrazone groups is 2. The molecule has 0 aliphatic rings. The number of guanidine groups is 1. The molecule has 0 aliphatic carbocycles. The normalized spacial score (nSPS) is 11.8. The highest BCUT2D eigenvalue weighted by molar-refractivity contribution is 7.08. The molecule has 0 unspecified atom stereocenters. The van der Waals surface area contributed by atoms with Gasteiger partial charge in [-0.05, 0) is 0 Å². The summed E-state index contributed by atoms with van der Waals surface area (Å²) >= 11 is 1.54. The van der Waals surface area contributed by atoms with Crippen LogP contribution < -0.4 is 27.4 Å². The monoisotopic (exact) mass is 239 g/mol. The lowest BCUT2D eigenvalue weighted by Crippen LogP contribution is -2.64. The summed E-state index contributed by atoms with van der Waals surface area (Å²) in [7, 11) is 0. The predicted molar refractivity (Wildman–Crippen MR) is 65.1 cm³/mol. The summed E-state index contributed by atoms with van der Waals surface area (Å²) in [5.41, 5.74) is 17.3. The molecule has 1 aromatic heterocycles. The molecule has 0 bridgehead atoms. The lowest BCUT2D eigenvalue weighted by atomic mass is 10.2. The van der Waals surface area contributed by atoms with Crippen molar-refractivity contribution in [2.24, 2.45) is 27.4 Å². The molecule has 0 radical (unpaired) electrons. The summed E-state index contributed by atoms with van der Waals surface area (Å²) in [5.74, 6) is -0.0268. The van der Waals surface area contributed by atoms with Crippen LogP contribution in [0, 0.1) is 0 Å². The number of thiophene rings is 1. The Hall–Kier alpha value is -2.22. The highest BCUT2D eigenvalue weighted by Gasteiger charge is 2.01. The Kier molecular flexibility index (Phi) is 4.67. The van der Waals surface area contributed by atoms with Crippen molar-refractivity contribution >= 4 is 36.1 Å². The topological polar surface area (TPSA) is 131 Å². The van der Waals surface area contributed by atoms with Crippen molar-refractivity contribution in [1.82, 2.24) is 0 Å². The third-order valence-corrected chi connectivity index (χ3v) is 2.27. The summed E-state index contributed by atoms with van der Waals surface area (Å²) in [4.78, 5) is 0. The van der Waals surface area contributed by atoms with Crippen LogP contribution in [0.25, 0.3) is 0 Å². The SMILES string of the molecule is NC=[NH+]/N=C/c1cscc1/C=[NH+]/N=C(N)N. The van der Waals surface area contributed by atoms with Gasteiger partial charge < -0.3 is 11.5 Å². The molecule has 16 heavy (non-hydrogen) atoms. The molecule has 0 saturated carbocycles. The molecule has 8 N–H and O–H groups in total. The molecule has 0 aromatic carbocycles. The molecule has 8 heteroatoms. The first-order valence-corrected chi connectivity index (χ1v) is 5.24. The third-order valence-electron chi connectivity index (χ3n) is 1.49. The fourth-order valence-electron chi connectivity index (χ4n) is 0.865. The van der Waals surface area contributed by atoms with Crippen molar-refractivity contribution in [3.63, 3.8) is 0 Å². The molecule has 1 rings (SSSR count). The fourth-order valence-corrected chi connectivity index (χ4v) is 1.63.